The summed E-state index contributed by atoms with van der Waals surface area (Å²) in [5, 5.41) is 5.21. The molecule has 1 aromatic heterocycles. The van der Waals surface area contributed by atoms with Crippen LogP contribution in [0.2, 0.25) is 0 Å². The van der Waals surface area contributed by atoms with Gasteiger partial charge < -0.3 is 19.8 Å². The van der Waals surface area contributed by atoms with Crippen LogP contribution >= 0.6 is 12.2 Å². The van der Waals surface area contributed by atoms with E-state index in [1.807, 2.05) is 0 Å². The lowest BCUT2D eigenvalue weighted by molar-refractivity contribution is -0.142. The summed E-state index contributed by atoms with van der Waals surface area (Å²) in [6.45, 7) is 0.0387. The largest absolute Gasteiger partial charge is 0.469 e. The number of hydrogen-bond donors (Lipinski definition) is 3. The standard InChI is InChI=1S/C17H19N3O6S2/c1-25-16(22)9-8-15(21)20-17(27)19-12-4-6-14(7-5-12)28(23,24)18-11-13-3-2-10-26-13/h2-7,10,18H,8-9,11H2,1H3,(H2,19,20,21,27). The third-order valence-corrected chi connectivity index (χ3v) is 5.10. The van der Waals surface area contributed by atoms with Crippen molar-refractivity contribution in [3.05, 3.63) is 48.4 Å². The molecule has 9 nitrogen and oxygen atoms in total. The van der Waals surface area contributed by atoms with E-state index in [1.54, 1.807) is 12.1 Å². The SMILES string of the molecule is COC(=O)CCC(=O)NC(=S)Nc1ccc(S(=O)(=O)NCc2ccco2)cc1. The number of sulfonamides is 1. The number of carbonyl (C=O) groups is 2. The first-order chi connectivity index (χ1) is 13.3. The highest BCUT2D eigenvalue weighted by Crippen LogP contribution is 2.14. The molecule has 11 heteroatoms. The van der Waals surface area contributed by atoms with Crippen molar-refractivity contribution in [1.29, 1.82) is 0 Å². The molecule has 0 aliphatic carbocycles. The van der Waals surface area contributed by atoms with Gasteiger partial charge >= 0.3 is 5.97 Å². The maximum absolute atomic E-state index is 12.3. The van der Waals surface area contributed by atoms with Crippen LogP contribution < -0.4 is 15.4 Å². The highest BCUT2D eigenvalue weighted by atomic mass is 32.2. The van der Waals surface area contributed by atoms with Gasteiger partial charge in [0.2, 0.25) is 15.9 Å². The number of ether oxygens (including phenoxy) is 1. The van der Waals surface area contributed by atoms with Crippen molar-refractivity contribution in [3.8, 4) is 0 Å². The van der Waals surface area contributed by atoms with Gasteiger partial charge in [-0.2, -0.15) is 0 Å². The number of amides is 1. The van der Waals surface area contributed by atoms with E-state index in [0.717, 1.165) is 0 Å². The zero-order valence-corrected chi connectivity index (χ0v) is 16.6. The van der Waals surface area contributed by atoms with E-state index in [4.69, 9.17) is 16.6 Å². The number of esters is 1. The summed E-state index contributed by atoms with van der Waals surface area (Å²) in [5.41, 5.74) is 0.489. The maximum atomic E-state index is 12.3. The molecule has 1 aromatic carbocycles. The van der Waals surface area contributed by atoms with Crippen LogP contribution in [0.25, 0.3) is 0 Å². The van der Waals surface area contributed by atoms with Crippen molar-refractivity contribution in [2.45, 2.75) is 24.3 Å². The van der Waals surface area contributed by atoms with Crippen molar-refractivity contribution in [2.75, 3.05) is 12.4 Å². The molecule has 2 aromatic rings. The predicted octanol–water partition coefficient (Wildman–Crippen LogP) is 1.52. The number of anilines is 1. The molecule has 1 amide bonds. The summed E-state index contributed by atoms with van der Waals surface area (Å²) in [4.78, 5) is 22.8. The smallest absolute Gasteiger partial charge is 0.306 e. The number of carbonyl (C=O) groups excluding carboxylic acids is 2. The van der Waals surface area contributed by atoms with E-state index in [9.17, 15) is 18.0 Å². The van der Waals surface area contributed by atoms with Crippen molar-refractivity contribution < 1.29 is 27.2 Å². The molecule has 0 radical (unpaired) electrons. The van der Waals surface area contributed by atoms with Crippen LogP contribution in [0.3, 0.4) is 0 Å². The van der Waals surface area contributed by atoms with E-state index in [2.05, 4.69) is 20.1 Å². The lowest BCUT2D eigenvalue weighted by Gasteiger charge is -2.10. The van der Waals surface area contributed by atoms with E-state index in [0.29, 0.717) is 11.4 Å². The van der Waals surface area contributed by atoms with Crippen molar-refractivity contribution in [1.82, 2.24) is 10.0 Å². The summed E-state index contributed by atoms with van der Waals surface area (Å²) in [5.74, 6) is -0.439. The molecule has 0 saturated carbocycles. The molecule has 28 heavy (non-hydrogen) atoms. The van der Waals surface area contributed by atoms with Gasteiger partial charge in [-0.1, -0.05) is 0 Å². The molecular weight excluding hydrogens is 406 g/mol. The summed E-state index contributed by atoms with van der Waals surface area (Å²) in [7, 11) is -2.46. The van der Waals surface area contributed by atoms with E-state index < -0.39 is 21.9 Å². The molecule has 150 valence electrons. The van der Waals surface area contributed by atoms with Crippen LogP contribution in [0.1, 0.15) is 18.6 Å². The Kier molecular flexibility index (Phi) is 7.67. The molecule has 2 rings (SSSR count). The second kappa shape index (κ2) is 9.97. The molecule has 0 saturated heterocycles. The van der Waals surface area contributed by atoms with Crippen LogP contribution in [0.15, 0.2) is 52.0 Å². The van der Waals surface area contributed by atoms with Gasteiger partial charge in [0.25, 0.3) is 0 Å². The minimum atomic E-state index is -3.70. The molecule has 0 aliphatic heterocycles. The Balaban J connectivity index is 1.86. The van der Waals surface area contributed by atoms with Crippen LogP contribution in [0.5, 0.6) is 0 Å². The van der Waals surface area contributed by atoms with Gasteiger partial charge in [0.05, 0.1) is 31.2 Å². The average Bonchev–Trinajstić information content (AvgIpc) is 3.18. The molecular formula is C17H19N3O6S2. The normalized spacial score (nSPS) is 10.9. The number of furan rings is 1. The van der Waals surface area contributed by atoms with Crippen molar-refractivity contribution in [3.63, 3.8) is 0 Å². The van der Waals surface area contributed by atoms with E-state index >= 15 is 0 Å². The lowest BCUT2D eigenvalue weighted by atomic mass is 10.3. The Bertz CT molecular complexity index is 924. The Labute approximate surface area is 167 Å². The summed E-state index contributed by atoms with van der Waals surface area (Å²) in [6.07, 6.45) is 1.34. The minimum Gasteiger partial charge on any atom is -0.469 e. The number of methoxy groups -OCH3 is 1. The highest BCUT2D eigenvalue weighted by Gasteiger charge is 2.14. The van der Waals surface area contributed by atoms with Gasteiger partial charge in [-0.3, -0.25) is 9.59 Å². The molecule has 0 spiro atoms. The second-order valence-corrected chi connectivity index (χ2v) is 7.68. The van der Waals surface area contributed by atoms with Crippen LogP contribution in [0, 0.1) is 0 Å². The first-order valence-electron chi connectivity index (χ1n) is 8.10. The van der Waals surface area contributed by atoms with Gasteiger partial charge in [0.1, 0.15) is 5.76 Å². The van der Waals surface area contributed by atoms with Crippen molar-refractivity contribution in [2.24, 2.45) is 0 Å². The quantitative estimate of drug-likeness (QED) is 0.429. The number of rotatable bonds is 8. The zero-order valence-electron chi connectivity index (χ0n) is 14.9. The maximum Gasteiger partial charge on any atom is 0.306 e. The first kappa shape index (κ1) is 21.5. The Hall–Kier alpha value is -2.76. The molecule has 0 fully saturated rings. The Morgan fingerprint density at radius 3 is 2.46 bits per heavy atom. The van der Waals surface area contributed by atoms with Crippen molar-refractivity contribution >= 4 is 44.9 Å². The summed E-state index contributed by atoms with van der Waals surface area (Å²) in [6, 6.07) is 9.14. The molecule has 3 N–H and O–H groups in total. The van der Waals surface area contributed by atoms with Gasteiger partial charge in [0, 0.05) is 12.1 Å². The van der Waals surface area contributed by atoms with E-state index in [-0.39, 0.29) is 29.4 Å². The summed E-state index contributed by atoms with van der Waals surface area (Å²) >= 11 is 5.01. The number of nitrogens with one attached hydrogen (secondary N) is 3. The predicted molar refractivity (Wildman–Crippen MR) is 105 cm³/mol. The molecule has 0 atom stereocenters. The van der Waals surface area contributed by atoms with Gasteiger partial charge in [-0.15, -0.1) is 0 Å². The van der Waals surface area contributed by atoms with Crippen LogP contribution in [-0.2, 0) is 30.9 Å². The number of benzene rings is 1. The minimum absolute atomic E-state index is 0.0291. The lowest BCUT2D eigenvalue weighted by Crippen LogP contribution is -2.34. The fourth-order valence-electron chi connectivity index (χ4n) is 2.05. The first-order valence-corrected chi connectivity index (χ1v) is 9.99. The number of thiocarbonyl (C=S) groups is 1. The fraction of sp³-hybridized carbons (Fsp3) is 0.235. The Morgan fingerprint density at radius 1 is 1.14 bits per heavy atom. The average molecular weight is 425 g/mol. The third kappa shape index (κ3) is 6.76. The molecule has 0 bridgehead atoms. The van der Waals surface area contributed by atoms with Crippen LogP contribution in [-0.4, -0.2) is 32.5 Å². The number of hydrogen-bond acceptors (Lipinski definition) is 7. The van der Waals surface area contributed by atoms with Gasteiger partial charge in [-0.25, -0.2) is 13.1 Å². The zero-order chi connectivity index (χ0) is 20.6. The van der Waals surface area contributed by atoms with Crippen LogP contribution in [0.4, 0.5) is 5.69 Å². The second-order valence-electron chi connectivity index (χ2n) is 5.51. The van der Waals surface area contributed by atoms with E-state index in [1.165, 1.54) is 37.6 Å². The monoisotopic (exact) mass is 425 g/mol. The fourth-order valence-corrected chi connectivity index (χ4v) is 3.27. The topological polar surface area (TPSA) is 127 Å². The van der Waals surface area contributed by atoms with Gasteiger partial charge in [-0.05, 0) is 48.6 Å². The Morgan fingerprint density at radius 2 is 1.86 bits per heavy atom. The highest BCUT2D eigenvalue weighted by molar-refractivity contribution is 7.89. The third-order valence-electron chi connectivity index (χ3n) is 3.48. The van der Waals surface area contributed by atoms with Gasteiger partial charge in [0.15, 0.2) is 5.11 Å². The molecule has 0 unspecified atom stereocenters. The molecule has 1 heterocycles. The summed E-state index contributed by atoms with van der Waals surface area (Å²) < 4.78 is 36.5. The molecule has 0 aliphatic rings.